The van der Waals surface area contributed by atoms with Crippen molar-refractivity contribution >= 4 is 11.8 Å². The Hall–Kier alpha value is -3.75. The van der Waals surface area contributed by atoms with Gasteiger partial charge >= 0.3 is 12.1 Å². The number of alkyl halides is 3. The molecule has 2 N–H and O–H groups in total. The van der Waals surface area contributed by atoms with Crippen LogP contribution in [0.25, 0.3) is 11.3 Å². The molecule has 0 saturated carbocycles. The predicted molar refractivity (Wildman–Crippen MR) is 139 cm³/mol. The molecule has 0 amide bonds. The molecule has 6 nitrogen and oxygen atoms in total. The highest BCUT2D eigenvalue weighted by Crippen LogP contribution is 2.41. The van der Waals surface area contributed by atoms with E-state index in [1.807, 2.05) is 25.1 Å². The van der Waals surface area contributed by atoms with Crippen LogP contribution in [0.2, 0.25) is 0 Å². The van der Waals surface area contributed by atoms with Gasteiger partial charge in [0.15, 0.2) is 0 Å². The molecule has 0 radical (unpaired) electrons. The summed E-state index contributed by atoms with van der Waals surface area (Å²) in [5.74, 6) is 0.517. The molecule has 0 bridgehead atoms. The number of pyridine rings is 1. The van der Waals surface area contributed by atoms with Crippen molar-refractivity contribution in [2.45, 2.75) is 44.7 Å². The van der Waals surface area contributed by atoms with E-state index in [2.05, 4.69) is 10.3 Å². The number of nitrogens with one attached hydrogen (secondary N) is 1. The molecule has 1 aromatic heterocycles. The molecule has 0 spiro atoms. The van der Waals surface area contributed by atoms with Crippen molar-refractivity contribution in [1.82, 2.24) is 4.98 Å². The minimum absolute atomic E-state index is 0.0322. The van der Waals surface area contributed by atoms with Crippen molar-refractivity contribution in [3.63, 3.8) is 0 Å². The second-order valence-electron chi connectivity index (χ2n) is 9.31. The minimum atomic E-state index is -4.53. The monoisotopic (exact) mass is 528 g/mol. The number of carbonyl (C=O) groups is 1. The molecular weight excluding hydrogens is 497 g/mol. The fourth-order valence-corrected chi connectivity index (χ4v) is 5.00. The number of hydrogen-bond donors (Lipinski definition) is 2. The van der Waals surface area contributed by atoms with Crippen LogP contribution in [0.1, 0.15) is 48.8 Å². The van der Waals surface area contributed by atoms with Gasteiger partial charge in [0.05, 0.1) is 30.9 Å². The van der Waals surface area contributed by atoms with Gasteiger partial charge in [-0.25, -0.2) is 4.98 Å². The summed E-state index contributed by atoms with van der Waals surface area (Å²) in [7, 11) is 1.49. The first-order chi connectivity index (χ1) is 18.2. The first-order valence-electron chi connectivity index (χ1n) is 12.7. The molecule has 3 aromatic rings. The maximum absolute atomic E-state index is 13.6. The van der Waals surface area contributed by atoms with Crippen molar-refractivity contribution in [3.05, 3.63) is 71.3 Å². The molecular formula is C29H31F3N2O4. The maximum atomic E-state index is 13.6. The Bertz CT molecular complexity index is 1260. The molecule has 0 aliphatic heterocycles. The van der Waals surface area contributed by atoms with E-state index in [-0.39, 0.29) is 17.5 Å². The summed E-state index contributed by atoms with van der Waals surface area (Å²) in [5.41, 5.74) is 1.62. The van der Waals surface area contributed by atoms with E-state index in [0.29, 0.717) is 43.1 Å². The lowest BCUT2D eigenvalue weighted by atomic mass is 9.85. The SMILES string of the molecule is CCC(C(=O)O)[C@@H]1CCc2cc(OCCCNc3ccc(C(F)(F)F)c(-c4ccc(OC)cc4)n3)ccc21. The van der Waals surface area contributed by atoms with Gasteiger partial charge < -0.3 is 19.9 Å². The standard InChI is InChI=1S/C29H31F3N2O4/c1-3-22(28(35)36)24-11-7-19-17-21(10-12-23(19)24)38-16-4-15-33-26-14-13-25(29(30,31)32)27(34-26)18-5-8-20(37-2)9-6-18/h5-6,8-10,12-14,17,22,24H,3-4,7,11,15-16H2,1-2H3,(H,33,34)(H,35,36)/t22?,24-/m0/s1. The van der Waals surface area contributed by atoms with Crippen molar-refractivity contribution in [1.29, 1.82) is 0 Å². The number of anilines is 1. The van der Waals surface area contributed by atoms with Crippen LogP contribution in [0, 0.1) is 5.92 Å². The van der Waals surface area contributed by atoms with Gasteiger partial charge in [0.2, 0.25) is 0 Å². The van der Waals surface area contributed by atoms with Crippen LogP contribution < -0.4 is 14.8 Å². The highest BCUT2D eigenvalue weighted by atomic mass is 19.4. The normalized spacial score (nSPS) is 15.6. The molecule has 0 saturated heterocycles. The number of hydrogen-bond acceptors (Lipinski definition) is 5. The maximum Gasteiger partial charge on any atom is 0.418 e. The second-order valence-corrected chi connectivity index (χ2v) is 9.31. The zero-order valence-corrected chi connectivity index (χ0v) is 21.3. The van der Waals surface area contributed by atoms with Crippen molar-refractivity contribution in [2.75, 3.05) is 25.6 Å². The lowest BCUT2D eigenvalue weighted by Gasteiger charge is -2.19. The summed E-state index contributed by atoms with van der Waals surface area (Å²) in [4.78, 5) is 15.8. The Morgan fingerprint density at radius 1 is 1.13 bits per heavy atom. The average Bonchev–Trinajstić information content (AvgIpc) is 3.31. The van der Waals surface area contributed by atoms with Gasteiger partial charge in [0.1, 0.15) is 17.3 Å². The van der Waals surface area contributed by atoms with Gasteiger partial charge in [-0.2, -0.15) is 13.2 Å². The van der Waals surface area contributed by atoms with Crippen LogP contribution in [0.5, 0.6) is 11.5 Å². The van der Waals surface area contributed by atoms with E-state index in [9.17, 15) is 23.1 Å². The molecule has 1 unspecified atom stereocenters. The van der Waals surface area contributed by atoms with Gasteiger partial charge in [-0.3, -0.25) is 4.79 Å². The third-order valence-electron chi connectivity index (χ3n) is 6.94. The molecule has 202 valence electrons. The molecule has 38 heavy (non-hydrogen) atoms. The van der Waals surface area contributed by atoms with Crippen LogP contribution in [0.4, 0.5) is 19.0 Å². The molecule has 2 atom stereocenters. The van der Waals surface area contributed by atoms with E-state index in [1.165, 1.54) is 13.2 Å². The smallest absolute Gasteiger partial charge is 0.418 e. The minimum Gasteiger partial charge on any atom is -0.497 e. The van der Waals surface area contributed by atoms with E-state index in [4.69, 9.17) is 9.47 Å². The number of aromatic nitrogens is 1. The average molecular weight is 529 g/mol. The lowest BCUT2D eigenvalue weighted by molar-refractivity contribution is -0.142. The molecule has 2 aromatic carbocycles. The van der Waals surface area contributed by atoms with E-state index < -0.39 is 17.7 Å². The number of carboxylic acid groups (broad SMARTS) is 1. The predicted octanol–water partition coefficient (Wildman–Crippen LogP) is 6.80. The molecule has 1 aliphatic carbocycles. The zero-order chi connectivity index (χ0) is 27.3. The highest BCUT2D eigenvalue weighted by Gasteiger charge is 2.35. The van der Waals surface area contributed by atoms with Gasteiger partial charge in [0, 0.05) is 12.1 Å². The van der Waals surface area contributed by atoms with Crippen molar-refractivity contribution in [3.8, 4) is 22.8 Å². The number of fused-ring (bicyclic) bond motifs is 1. The van der Waals surface area contributed by atoms with Crippen LogP contribution >= 0.6 is 0 Å². The van der Waals surface area contributed by atoms with Gasteiger partial charge in [-0.05, 0) is 91.3 Å². The summed E-state index contributed by atoms with van der Waals surface area (Å²) in [6.07, 6.45) is -1.67. The van der Waals surface area contributed by atoms with E-state index in [1.54, 1.807) is 24.3 Å². The number of rotatable bonds is 11. The Labute approximate surface area is 219 Å². The van der Waals surface area contributed by atoms with Crippen LogP contribution in [0.15, 0.2) is 54.6 Å². The largest absolute Gasteiger partial charge is 0.497 e. The molecule has 1 heterocycles. The molecule has 4 rings (SSSR count). The molecule has 0 fully saturated rings. The number of nitrogens with zero attached hydrogens (tertiary/aromatic N) is 1. The van der Waals surface area contributed by atoms with Crippen LogP contribution in [0.3, 0.4) is 0 Å². The summed E-state index contributed by atoms with van der Waals surface area (Å²) < 4.78 is 51.8. The van der Waals surface area contributed by atoms with Crippen molar-refractivity contribution < 1.29 is 32.5 Å². The highest BCUT2D eigenvalue weighted by molar-refractivity contribution is 5.72. The Kier molecular flexibility index (Phi) is 8.44. The number of aryl methyl sites for hydroxylation is 1. The fourth-order valence-electron chi connectivity index (χ4n) is 5.00. The summed E-state index contributed by atoms with van der Waals surface area (Å²) in [6, 6.07) is 14.5. The number of ether oxygens (including phenoxy) is 2. The summed E-state index contributed by atoms with van der Waals surface area (Å²) >= 11 is 0. The van der Waals surface area contributed by atoms with E-state index in [0.717, 1.165) is 35.8 Å². The van der Waals surface area contributed by atoms with Crippen molar-refractivity contribution in [2.24, 2.45) is 5.92 Å². The Morgan fingerprint density at radius 2 is 1.87 bits per heavy atom. The Morgan fingerprint density at radius 3 is 2.53 bits per heavy atom. The number of carboxylic acids is 1. The third kappa shape index (κ3) is 6.20. The summed E-state index contributed by atoms with van der Waals surface area (Å²) in [5, 5.41) is 12.6. The Balaban J connectivity index is 1.34. The first kappa shape index (κ1) is 27.3. The van der Waals surface area contributed by atoms with Crippen LogP contribution in [-0.2, 0) is 17.4 Å². The molecule has 1 aliphatic rings. The lowest BCUT2D eigenvalue weighted by Crippen LogP contribution is -2.19. The zero-order valence-electron chi connectivity index (χ0n) is 21.3. The topological polar surface area (TPSA) is 80.7 Å². The third-order valence-corrected chi connectivity index (χ3v) is 6.94. The number of benzene rings is 2. The van der Waals surface area contributed by atoms with Crippen LogP contribution in [-0.4, -0.2) is 36.3 Å². The molecule has 9 heteroatoms. The first-order valence-corrected chi connectivity index (χ1v) is 12.7. The number of aliphatic carboxylic acids is 1. The van der Waals surface area contributed by atoms with E-state index >= 15 is 0 Å². The number of methoxy groups -OCH3 is 1. The van der Waals surface area contributed by atoms with Gasteiger partial charge in [-0.1, -0.05) is 13.0 Å². The quantitative estimate of drug-likeness (QED) is 0.267. The van der Waals surface area contributed by atoms with Gasteiger partial charge in [-0.15, -0.1) is 0 Å². The fraction of sp³-hybridized carbons (Fsp3) is 0.379. The second kappa shape index (κ2) is 11.8. The number of halogens is 3. The summed E-state index contributed by atoms with van der Waals surface area (Å²) in [6.45, 7) is 2.78. The van der Waals surface area contributed by atoms with Gasteiger partial charge in [0.25, 0.3) is 0 Å².